The van der Waals surface area contributed by atoms with E-state index in [9.17, 15) is 0 Å². The molecule has 0 saturated heterocycles. The molecule has 1 unspecified atom stereocenters. The van der Waals surface area contributed by atoms with Gasteiger partial charge < -0.3 is 18.7 Å². The minimum absolute atomic E-state index is 0.468. The van der Waals surface area contributed by atoms with Crippen molar-refractivity contribution in [1.29, 1.82) is 0 Å². The van der Waals surface area contributed by atoms with Crippen LogP contribution in [0.4, 0.5) is 0 Å². The average Bonchev–Trinajstić information content (AvgIpc) is 4.05. The number of hydrogen-bond acceptors (Lipinski definition) is 5. The number of benzene rings is 10. The Labute approximate surface area is 372 Å². The SMILES string of the molecule is c1ccc(-c2ccc(C3=NC(c4cc(-n5c6ccccc6c6cc7ccccc7cc65)c5oc6ccc7ccccc7c6c5c4)=NC(c4ccc5c(c4)oc4ccccc45)N3)cc2)cc1. The fourth-order valence-corrected chi connectivity index (χ4v) is 10.1. The first-order valence-corrected chi connectivity index (χ1v) is 22.0. The van der Waals surface area contributed by atoms with Crippen molar-refractivity contribution < 1.29 is 8.83 Å². The third-order valence-corrected chi connectivity index (χ3v) is 13.2. The second-order valence-electron chi connectivity index (χ2n) is 17.0. The number of nitrogens with zero attached hydrogens (tertiary/aromatic N) is 3. The van der Waals surface area contributed by atoms with Crippen LogP contribution in [0.15, 0.2) is 225 Å². The summed E-state index contributed by atoms with van der Waals surface area (Å²) in [5.74, 6) is 1.35. The van der Waals surface area contributed by atoms with Crippen LogP contribution < -0.4 is 5.32 Å². The number of rotatable bonds is 5. The second-order valence-corrected chi connectivity index (χ2v) is 17.0. The predicted octanol–water partition coefficient (Wildman–Crippen LogP) is 15.1. The summed E-state index contributed by atoms with van der Waals surface area (Å²) in [7, 11) is 0. The molecule has 0 bridgehead atoms. The van der Waals surface area contributed by atoms with E-state index < -0.39 is 6.17 Å². The Morgan fingerprint density at radius 3 is 1.97 bits per heavy atom. The fourth-order valence-electron chi connectivity index (χ4n) is 10.1. The zero-order valence-electron chi connectivity index (χ0n) is 34.9. The number of aliphatic imine (C=N–C) groups is 2. The van der Waals surface area contributed by atoms with Crippen molar-refractivity contribution in [3.8, 4) is 16.8 Å². The molecule has 10 aromatic carbocycles. The molecule has 14 rings (SSSR count). The van der Waals surface area contributed by atoms with Gasteiger partial charge in [0.15, 0.2) is 11.4 Å². The van der Waals surface area contributed by atoms with E-state index in [-0.39, 0.29) is 0 Å². The minimum atomic E-state index is -0.468. The van der Waals surface area contributed by atoms with Gasteiger partial charge in [-0.25, -0.2) is 9.98 Å². The highest BCUT2D eigenvalue weighted by molar-refractivity contribution is 6.23. The summed E-state index contributed by atoms with van der Waals surface area (Å²) in [5, 5.41) is 15.0. The molecule has 0 amide bonds. The van der Waals surface area contributed by atoms with Crippen LogP contribution in [0, 0.1) is 0 Å². The summed E-state index contributed by atoms with van der Waals surface area (Å²) in [6.45, 7) is 0. The third-order valence-electron chi connectivity index (χ3n) is 13.2. The Balaban J connectivity index is 1.04. The lowest BCUT2D eigenvalue weighted by atomic mass is 10.0. The summed E-state index contributed by atoms with van der Waals surface area (Å²) in [5.41, 5.74) is 11.5. The van der Waals surface area contributed by atoms with Crippen LogP contribution >= 0.6 is 0 Å². The van der Waals surface area contributed by atoms with E-state index in [2.05, 4.69) is 198 Å². The second kappa shape index (κ2) is 13.9. The molecule has 0 saturated carbocycles. The molecule has 1 aliphatic rings. The topological polar surface area (TPSA) is 68.0 Å². The largest absolute Gasteiger partial charge is 0.456 e. The lowest BCUT2D eigenvalue weighted by Crippen LogP contribution is -2.33. The minimum Gasteiger partial charge on any atom is -0.456 e. The molecule has 13 aromatic rings. The van der Waals surface area contributed by atoms with Gasteiger partial charge in [0, 0.05) is 49.0 Å². The number of nitrogens with one attached hydrogen (secondary N) is 1. The summed E-state index contributed by atoms with van der Waals surface area (Å²) < 4.78 is 15.8. The van der Waals surface area contributed by atoms with Gasteiger partial charge in [0.1, 0.15) is 28.8 Å². The highest BCUT2D eigenvalue weighted by atomic mass is 16.3. The Kier molecular flexibility index (Phi) is 7.65. The molecular formula is C59H36N4O2. The van der Waals surface area contributed by atoms with Crippen LogP contribution in [0.5, 0.6) is 0 Å². The van der Waals surface area contributed by atoms with E-state index in [1.165, 1.54) is 21.5 Å². The van der Waals surface area contributed by atoms with Crippen molar-refractivity contribution in [2.75, 3.05) is 0 Å². The number of furan rings is 2. The number of fused-ring (bicyclic) bond motifs is 12. The van der Waals surface area contributed by atoms with E-state index in [4.69, 9.17) is 18.8 Å². The van der Waals surface area contributed by atoms with Gasteiger partial charge >= 0.3 is 0 Å². The molecule has 6 heteroatoms. The molecule has 0 spiro atoms. The molecule has 1 atom stereocenters. The summed E-state index contributed by atoms with van der Waals surface area (Å²) in [4.78, 5) is 10.9. The van der Waals surface area contributed by atoms with Gasteiger partial charge in [-0.3, -0.25) is 0 Å². The maximum Gasteiger partial charge on any atom is 0.159 e. The Hall–Kier alpha value is -8.74. The van der Waals surface area contributed by atoms with Crippen LogP contribution in [-0.4, -0.2) is 16.2 Å². The van der Waals surface area contributed by atoms with Gasteiger partial charge in [0.05, 0.1) is 16.7 Å². The summed E-state index contributed by atoms with van der Waals surface area (Å²) in [6.07, 6.45) is -0.468. The van der Waals surface area contributed by atoms with Crippen molar-refractivity contribution >= 4 is 98.9 Å². The Morgan fingerprint density at radius 2 is 1.11 bits per heavy atom. The summed E-state index contributed by atoms with van der Waals surface area (Å²) >= 11 is 0. The van der Waals surface area contributed by atoms with Crippen molar-refractivity contribution in [3.63, 3.8) is 0 Å². The van der Waals surface area contributed by atoms with Gasteiger partial charge in [-0.15, -0.1) is 0 Å². The normalized spacial score (nSPS) is 14.3. The standard InChI is InChI=1S/C59H36N4O2/c1-2-12-35(13-3-1)36-22-24-38(25-23-36)57-60-58(41-26-28-46-45-19-9-11-21-52(45)64-54(46)34-41)62-59(61-57)42-31-48-55-43-17-7-6-14-37(43)27-29-53(55)65-56(48)51(33-42)63-49-20-10-8-18-44(49)47-30-39-15-4-5-16-40(39)32-50(47)63/h1-34,58H,(H,60,61,62). The van der Waals surface area contributed by atoms with Crippen LogP contribution in [-0.2, 0) is 0 Å². The first-order chi connectivity index (χ1) is 32.2. The molecule has 0 radical (unpaired) electrons. The highest BCUT2D eigenvalue weighted by Crippen LogP contribution is 2.43. The molecule has 1 N–H and O–H groups in total. The van der Waals surface area contributed by atoms with E-state index >= 15 is 0 Å². The third kappa shape index (κ3) is 5.60. The van der Waals surface area contributed by atoms with Crippen molar-refractivity contribution in [1.82, 2.24) is 9.88 Å². The van der Waals surface area contributed by atoms with Crippen LogP contribution in [0.2, 0.25) is 0 Å². The van der Waals surface area contributed by atoms with Gasteiger partial charge in [0.2, 0.25) is 0 Å². The van der Waals surface area contributed by atoms with Crippen molar-refractivity contribution in [2.45, 2.75) is 6.17 Å². The van der Waals surface area contributed by atoms with E-state index in [1.54, 1.807) is 0 Å². The quantitative estimate of drug-likeness (QED) is 0.188. The molecule has 4 heterocycles. The molecular weight excluding hydrogens is 797 g/mol. The number of aromatic nitrogens is 1. The van der Waals surface area contributed by atoms with E-state index in [0.29, 0.717) is 5.84 Å². The van der Waals surface area contributed by atoms with Crippen molar-refractivity contribution in [3.05, 3.63) is 223 Å². The molecule has 65 heavy (non-hydrogen) atoms. The lowest BCUT2D eigenvalue weighted by molar-refractivity contribution is 0.655. The monoisotopic (exact) mass is 832 g/mol. The zero-order valence-corrected chi connectivity index (χ0v) is 34.9. The van der Waals surface area contributed by atoms with Crippen LogP contribution in [0.25, 0.3) is 104 Å². The number of para-hydroxylation sites is 2. The molecule has 0 fully saturated rings. The van der Waals surface area contributed by atoms with Gasteiger partial charge in [-0.05, 0) is 81.2 Å². The van der Waals surface area contributed by atoms with Crippen molar-refractivity contribution in [2.24, 2.45) is 9.98 Å². The highest BCUT2D eigenvalue weighted by Gasteiger charge is 2.26. The number of hydrogen-bond donors (Lipinski definition) is 1. The average molecular weight is 833 g/mol. The predicted molar refractivity (Wildman–Crippen MR) is 268 cm³/mol. The smallest absolute Gasteiger partial charge is 0.159 e. The fraction of sp³-hybridized carbons (Fsp3) is 0.0169. The number of amidine groups is 2. The Bertz CT molecular complexity index is 4150. The van der Waals surface area contributed by atoms with Gasteiger partial charge in [-0.2, -0.15) is 0 Å². The van der Waals surface area contributed by atoms with Gasteiger partial charge in [-0.1, -0.05) is 158 Å². The molecule has 1 aliphatic heterocycles. The summed E-state index contributed by atoms with van der Waals surface area (Å²) in [6, 6.07) is 72.8. The zero-order chi connectivity index (χ0) is 42.6. The molecule has 6 nitrogen and oxygen atoms in total. The first-order valence-electron chi connectivity index (χ1n) is 22.0. The molecule has 0 aliphatic carbocycles. The Morgan fingerprint density at radius 1 is 0.415 bits per heavy atom. The van der Waals surface area contributed by atoms with E-state index in [0.717, 1.165) is 105 Å². The molecule has 304 valence electrons. The molecule has 3 aromatic heterocycles. The maximum atomic E-state index is 7.02. The van der Waals surface area contributed by atoms with Crippen LogP contribution in [0.1, 0.15) is 22.9 Å². The first kappa shape index (κ1) is 35.8. The van der Waals surface area contributed by atoms with Gasteiger partial charge in [0.25, 0.3) is 0 Å². The maximum absolute atomic E-state index is 7.02. The lowest BCUT2D eigenvalue weighted by Gasteiger charge is -2.24. The van der Waals surface area contributed by atoms with Crippen LogP contribution in [0.3, 0.4) is 0 Å². The van der Waals surface area contributed by atoms with E-state index in [1.807, 2.05) is 18.2 Å².